The first-order valence-corrected chi connectivity index (χ1v) is 11.1. The van der Waals surface area contributed by atoms with E-state index < -0.39 is 20.8 Å². The molecule has 32 heavy (non-hydrogen) atoms. The number of azo groups is 1. The highest BCUT2D eigenvalue weighted by molar-refractivity contribution is 7.95. The van der Waals surface area contributed by atoms with Crippen LogP contribution in [0.5, 0.6) is 5.75 Å². The molecule has 0 heterocycles. The molecule has 0 fully saturated rings. The Balaban J connectivity index is 2.16. The Bertz CT molecular complexity index is 1270. The fraction of sp³-hybridized carbons (Fsp3) is 0. The predicted molar refractivity (Wildman–Crippen MR) is 112 cm³/mol. The number of rotatable bonds is 9. The van der Waals surface area contributed by atoms with Crippen LogP contribution in [0.15, 0.2) is 67.4 Å². The van der Waals surface area contributed by atoms with E-state index in [0.29, 0.717) is 29.0 Å². The fourth-order valence-electron chi connectivity index (χ4n) is 2.62. The van der Waals surface area contributed by atoms with Gasteiger partial charge in [0, 0.05) is 11.1 Å². The zero-order valence-corrected chi connectivity index (χ0v) is 17.9. The Morgan fingerprint density at radius 3 is 2.25 bits per heavy atom. The molecule has 3 aromatic carbocycles. The van der Waals surface area contributed by atoms with E-state index in [-0.39, 0.29) is 32.7 Å². The maximum atomic E-state index is 11.5. The third-order valence-corrected chi connectivity index (χ3v) is 5.99. The second-order valence-electron chi connectivity index (χ2n) is 5.78. The minimum absolute atomic E-state index is 0.0280. The Morgan fingerprint density at radius 2 is 1.59 bits per heavy atom. The number of anilines is 1. The van der Waals surface area contributed by atoms with Gasteiger partial charge in [-0.25, -0.2) is 10.5 Å². The van der Waals surface area contributed by atoms with Crippen molar-refractivity contribution >= 4 is 62.0 Å². The van der Waals surface area contributed by atoms with Crippen molar-refractivity contribution < 1.29 is 47.3 Å². The Morgan fingerprint density at radius 1 is 0.938 bits per heavy atom. The highest BCUT2D eigenvalue weighted by Gasteiger charge is 2.20. The molecule has 0 saturated carbocycles. The van der Waals surface area contributed by atoms with Crippen LogP contribution in [0.25, 0.3) is 10.8 Å². The van der Waals surface area contributed by atoms with Crippen molar-refractivity contribution in [2.24, 2.45) is 10.2 Å². The summed E-state index contributed by atoms with van der Waals surface area (Å²) in [5, 5.41) is 42.9. The molecule has 0 amide bonds. The van der Waals surface area contributed by atoms with Crippen molar-refractivity contribution in [3.05, 3.63) is 42.5 Å². The smallest absolute Gasteiger partial charge is 0.294 e. The van der Waals surface area contributed by atoms with E-state index in [2.05, 4.69) is 29.0 Å². The fourth-order valence-corrected chi connectivity index (χ4v) is 4.10. The second-order valence-corrected chi connectivity index (χ2v) is 8.68. The number of aromatic hydroxyl groups is 1. The topological polar surface area (TPSA) is 203 Å². The van der Waals surface area contributed by atoms with Crippen LogP contribution in [-0.2, 0) is 28.9 Å². The van der Waals surface area contributed by atoms with Gasteiger partial charge in [-0.3, -0.25) is 4.55 Å². The Kier molecular flexibility index (Phi) is 7.85. The average Bonchev–Trinajstić information content (AvgIpc) is 2.75. The molecule has 3 aromatic rings. The summed E-state index contributed by atoms with van der Waals surface area (Å²) in [7, 11) is -4.58. The third kappa shape index (κ3) is 5.45. The number of nitrogen functional groups attached to an aromatic ring is 1. The monoisotopic (exact) mass is 503 g/mol. The number of benzene rings is 3. The lowest BCUT2D eigenvalue weighted by Gasteiger charge is -2.12. The van der Waals surface area contributed by atoms with Crippen molar-refractivity contribution in [2.45, 2.75) is 14.7 Å². The van der Waals surface area contributed by atoms with Crippen LogP contribution in [0.2, 0.25) is 0 Å². The van der Waals surface area contributed by atoms with Gasteiger partial charge in [-0.05, 0) is 35.7 Å². The van der Waals surface area contributed by atoms with Crippen LogP contribution >= 0.6 is 24.1 Å². The lowest BCUT2D eigenvalue weighted by atomic mass is 10.1. The summed E-state index contributed by atoms with van der Waals surface area (Å²) in [6.07, 6.45) is 0. The minimum atomic E-state index is -4.58. The molecule has 16 heteroatoms. The summed E-state index contributed by atoms with van der Waals surface area (Å²) in [6, 6.07) is 9.81. The van der Waals surface area contributed by atoms with Gasteiger partial charge in [-0.15, -0.1) is 18.9 Å². The van der Waals surface area contributed by atoms with Gasteiger partial charge in [-0.2, -0.15) is 8.42 Å². The summed E-state index contributed by atoms with van der Waals surface area (Å²) in [5.74, 6) is -0.491. The zero-order valence-electron chi connectivity index (χ0n) is 15.5. The molecular weight excluding hydrogens is 490 g/mol. The van der Waals surface area contributed by atoms with Crippen LogP contribution in [0.3, 0.4) is 0 Å². The normalized spacial score (nSPS) is 12.1. The maximum Gasteiger partial charge on any atom is 0.294 e. The van der Waals surface area contributed by atoms with E-state index in [1.54, 1.807) is 24.3 Å². The molecule has 3 rings (SSSR count). The summed E-state index contributed by atoms with van der Waals surface area (Å²) >= 11 is 1.07. The molecule has 0 saturated heterocycles. The summed E-state index contributed by atoms with van der Waals surface area (Å²) in [4.78, 5) is -0.0598. The van der Waals surface area contributed by atoms with Gasteiger partial charge in [0.15, 0.2) is 5.75 Å². The van der Waals surface area contributed by atoms with Gasteiger partial charge in [0.1, 0.15) is 11.4 Å². The SMILES string of the molecule is Nc1cc(S(=O)(=O)O)cc2cc(SOOO)c(N=Nc3ccccc3SOOO)c(O)c12. The van der Waals surface area contributed by atoms with Gasteiger partial charge < -0.3 is 10.8 Å². The molecule has 6 N–H and O–H groups in total. The summed E-state index contributed by atoms with van der Waals surface area (Å²) in [5.41, 5.74) is 5.83. The van der Waals surface area contributed by atoms with Crippen LogP contribution in [0.4, 0.5) is 17.1 Å². The number of hydrogen-bond acceptors (Lipinski definition) is 14. The molecule has 0 bridgehead atoms. The quantitative estimate of drug-likeness (QED) is 0.0674. The maximum absolute atomic E-state index is 11.5. The van der Waals surface area contributed by atoms with Crippen molar-refractivity contribution in [1.29, 1.82) is 0 Å². The van der Waals surface area contributed by atoms with Crippen molar-refractivity contribution in [1.82, 2.24) is 0 Å². The lowest BCUT2D eigenvalue weighted by Crippen LogP contribution is -2.00. The zero-order chi connectivity index (χ0) is 23.3. The predicted octanol–water partition coefficient (Wildman–Crippen LogP) is 4.65. The minimum Gasteiger partial charge on any atom is -0.505 e. The number of phenolic OH excluding ortho intramolecular Hbond substituents is 1. The molecule has 170 valence electrons. The number of phenols is 1. The van der Waals surface area contributed by atoms with Gasteiger partial charge in [0.2, 0.25) is 0 Å². The number of nitrogens with two attached hydrogens (primary N) is 1. The van der Waals surface area contributed by atoms with Gasteiger partial charge in [0.05, 0.1) is 38.8 Å². The Labute approximate surface area is 188 Å². The molecule has 0 atom stereocenters. The first-order chi connectivity index (χ1) is 15.3. The molecular formula is C16H13N3O10S3. The summed E-state index contributed by atoms with van der Waals surface area (Å²) < 4.78 is 41.1. The number of fused-ring (bicyclic) bond motifs is 1. The average molecular weight is 503 g/mol. The first-order valence-electron chi connectivity index (χ1n) is 8.13. The number of nitrogens with zero attached hydrogens (tertiary/aromatic N) is 2. The largest absolute Gasteiger partial charge is 0.505 e. The highest BCUT2D eigenvalue weighted by atomic mass is 32.2. The summed E-state index contributed by atoms with van der Waals surface area (Å²) in [6.45, 7) is 0. The van der Waals surface area contributed by atoms with Crippen molar-refractivity contribution in [3.8, 4) is 5.75 Å². The van der Waals surface area contributed by atoms with Gasteiger partial charge in [0.25, 0.3) is 10.1 Å². The first kappa shape index (κ1) is 24.1. The van der Waals surface area contributed by atoms with E-state index in [1.165, 1.54) is 6.07 Å². The van der Waals surface area contributed by atoms with Crippen LogP contribution in [0.1, 0.15) is 0 Å². The molecule has 0 aliphatic heterocycles. The highest BCUT2D eigenvalue weighted by Crippen LogP contribution is 2.46. The molecule has 0 spiro atoms. The van der Waals surface area contributed by atoms with E-state index in [9.17, 15) is 18.1 Å². The standard InChI is InChI=1S/C16H13N3O10S3/c17-10-7-9(32(23,24)25)5-8-6-13(31-29-27-22)15(16(20)14(8)10)19-18-11-3-1-2-4-12(11)30-28-26-21/h1-7,20-22H,17H2,(H,23,24,25). The molecule has 0 radical (unpaired) electrons. The molecule has 0 aliphatic carbocycles. The van der Waals surface area contributed by atoms with Crippen molar-refractivity contribution in [2.75, 3.05) is 5.73 Å². The van der Waals surface area contributed by atoms with Gasteiger partial charge in [-0.1, -0.05) is 22.2 Å². The molecule has 0 aromatic heterocycles. The van der Waals surface area contributed by atoms with Crippen LogP contribution in [0, 0.1) is 0 Å². The van der Waals surface area contributed by atoms with E-state index in [0.717, 1.165) is 12.1 Å². The lowest BCUT2D eigenvalue weighted by molar-refractivity contribution is -0.432. The van der Waals surface area contributed by atoms with E-state index >= 15 is 0 Å². The van der Waals surface area contributed by atoms with E-state index in [4.69, 9.17) is 16.2 Å². The number of hydrogen-bond donors (Lipinski definition) is 5. The molecule has 13 nitrogen and oxygen atoms in total. The second kappa shape index (κ2) is 10.4. The third-order valence-electron chi connectivity index (χ3n) is 3.88. The molecule has 0 aliphatic rings. The van der Waals surface area contributed by atoms with Gasteiger partial charge >= 0.3 is 0 Å². The van der Waals surface area contributed by atoms with Crippen molar-refractivity contribution in [3.63, 3.8) is 0 Å². The van der Waals surface area contributed by atoms with E-state index in [1.807, 2.05) is 0 Å². The molecule has 0 unspecified atom stereocenters. The van der Waals surface area contributed by atoms with Crippen LogP contribution < -0.4 is 5.73 Å². The Hall–Kier alpha value is -2.51. The van der Waals surface area contributed by atoms with Crippen LogP contribution in [-0.4, -0.2) is 28.6 Å².